The maximum absolute atomic E-state index is 11.9. The van der Waals surface area contributed by atoms with E-state index in [1.165, 1.54) is 0 Å². The molecule has 1 amide bonds. The Morgan fingerprint density at radius 2 is 2.65 bits per heavy atom. The van der Waals surface area contributed by atoms with Gasteiger partial charge in [0.05, 0.1) is 17.0 Å². The number of nitrogens with one attached hydrogen (secondary N) is 1. The fraction of sp³-hybridized carbons (Fsp3) is 0.636. The van der Waals surface area contributed by atoms with E-state index in [9.17, 15) is 4.79 Å². The Hall–Kier alpha value is -0.590. The molecular formula is C11H17N3OS2. The Morgan fingerprint density at radius 3 is 3.35 bits per heavy atom. The molecule has 1 saturated heterocycles. The van der Waals surface area contributed by atoms with Crippen molar-refractivity contribution in [3.63, 3.8) is 0 Å². The normalized spacial score (nSPS) is 20.5. The highest BCUT2D eigenvalue weighted by Crippen LogP contribution is 2.13. The number of rotatable bonds is 4. The van der Waals surface area contributed by atoms with Crippen LogP contribution in [0.1, 0.15) is 12.6 Å². The molecule has 1 aliphatic heterocycles. The van der Waals surface area contributed by atoms with Gasteiger partial charge in [-0.3, -0.25) is 4.79 Å². The molecule has 0 unspecified atom stereocenters. The monoisotopic (exact) mass is 271 g/mol. The van der Waals surface area contributed by atoms with E-state index in [-0.39, 0.29) is 5.91 Å². The number of piperazine rings is 1. The summed E-state index contributed by atoms with van der Waals surface area (Å²) < 4.78 is 0. The summed E-state index contributed by atoms with van der Waals surface area (Å²) >= 11 is 3.25. The number of amides is 1. The zero-order chi connectivity index (χ0) is 12.1. The Balaban J connectivity index is 1.70. The third-order valence-electron chi connectivity index (χ3n) is 2.68. The van der Waals surface area contributed by atoms with Crippen molar-refractivity contribution in [1.29, 1.82) is 0 Å². The molecule has 1 N–H and O–H groups in total. The fourth-order valence-electron chi connectivity index (χ4n) is 1.80. The topological polar surface area (TPSA) is 45.2 Å². The number of hydrogen-bond donors (Lipinski definition) is 1. The molecule has 1 aromatic heterocycles. The standard InChI is InChI=1S/C11H17N3OS2/c1-9-4-14(3-2-12-9)11(15)7-16-5-10-6-17-8-13-10/h6,8-9,12H,2-5,7H2,1H3/t9-/m1/s1. The second-order valence-electron chi connectivity index (χ2n) is 4.17. The first-order valence-corrected chi connectivity index (χ1v) is 7.81. The minimum Gasteiger partial charge on any atom is -0.339 e. The minimum absolute atomic E-state index is 0.249. The lowest BCUT2D eigenvalue weighted by atomic mass is 10.2. The molecule has 2 rings (SSSR count). The average Bonchev–Trinajstić information content (AvgIpc) is 2.82. The van der Waals surface area contributed by atoms with Gasteiger partial charge in [0, 0.05) is 36.8 Å². The number of carbonyl (C=O) groups is 1. The molecule has 1 fully saturated rings. The fourth-order valence-corrected chi connectivity index (χ4v) is 3.29. The van der Waals surface area contributed by atoms with E-state index >= 15 is 0 Å². The van der Waals surface area contributed by atoms with Crippen molar-refractivity contribution >= 4 is 29.0 Å². The third kappa shape index (κ3) is 3.97. The Bertz CT molecular complexity index is 356. The van der Waals surface area contributed by atoms with Gasteiger partial charge >= 0.3 is 0 Å². The quantitative estimate of drug-likeness (QED) is 0.894. The van der Waals surface area contributed by atoms with Crippen LogP contribution >= 0.6 is 23.1 Å². The molecule has 1 atom stereocenters. The highest BCUT2D eigenvalue weighted by atomic mass is 32.2. The number of nitrogens with zero attached hydrogens (tertiary/aromatic N) is 2. The average molecular weight is 271 g/mol. The number of thiazole rings is 1. The zero-order valence-electron chi connectivity index (χ0n) is 9.89. The molecule has 0 aromatic carbocycles. The van der Waals surface area contributed by atoms with Crippen LogP contribution < -0.4 is 5.32 Å². The molecule has 0 spiro atoms. The van der Waals surface area contributed by atoms with Gasteiger partial charge in [-0.25, -0.2) is 4.98 Å². The van der Waals surface area contributed by atoms with E-state index in [0.717, 1.165) is 31.1 Å². The van der Waals surface area contributed by atoms with E-state index in [2.05, 4.69) is 17.2 Å². The van der Waals surface area contributed by atoms with Crippen LogP contribution in [0.15, 0.2) is 10.9 Å². The zero-order valence-corrected chi connectivity index (χ0v) is 11.5. The van der Waals surface area contributed by atoms with Crippen LogP contribution in [-0.2, 0) is 10.5 Å². The second-order valence-corrected chi connectivity index (χ2v) is 5.87. The molecule has 0 bridgehead atoms. The predicted octanol–water partition coefficient (Wildman–Crippen LogP) is 1.20. The van der Waals surface area contributed by atoms with Gasteiger partial charge < -0.3 is 10.2 Å². The van der Waals surface area contributed by atoms with Crippen LogP contribution in [0.3, 0.4) is 0 Å². The molecule has 1 aliphatic rings. The molecule has 1 aromatic rings. The van der Waals surface area contributed by atoms with Crippen molar-refractivity contribution in [2.45, 2.75) is 18.7 Å². The van der Waals surface area contributed by atoms with E-state index in [1.807, 2.05) is 15.8 Å². The molecular weight excluding hydrogens is 254 g/mol. The Kier molecular flexibility index (Phi) is 4.82. The van der Waals surface area contributed by atoms with E-state index in [1.54, 1.807) is 23.1 Å². The van der Waals surface area contributed by atoms with Gasteiger partial charge in [-0.2, -0.15) is 0 Å². The third-order valence-corrected chi connectivity index (χ3v) is 4.27. The van der Waals surface area contributed by atoms with Gasteiger partial charge in [-0.05, 0) is 6.92 Å². The molecule has 94 valence electrons. The SMILES string of the molecule is C[C@@H]1CN(C(=O)CSCc2cscn2)CCN1. The second kappa shape index (κ2) is 6.37. The molecule has 0 aliphatic carbocycles. The number of carbonyl (C=O) groups excluding carboxylic acids is 1. The smallest absolute Gasteiger partial charge is 0.232 e. The number of hydrogen-bond acceptors (Lipinski definition) is 5. The first-order valence-electron chi connectivity index (χ1n) is 5.71. The molecule has 6 heteroatoms. The first kappa shape index (κ1) is 12.9. The summed E-state index contributed by atoms with van der Waals surface area (Å²) in [6.45, 7) is 4.68. The maximum Gasteiger partial charge on any atom is 0.232 e. The Labute approximate surface area is 110 Å². The molecule has 0 saturated carbocycles. The summed E-state index contributed by atoms with van der Waals surface area (Å²) in [6, 6.07) is 0.413. The van der Waals surface area contributed by atoms with Crippen molar-refractivity contribution in [3.05, 3.63) is 16.6 Å². The summed E-state index contributed by atoms with van der Waals surface area (Å²) in [5.74, 6) is 1.64. The van der Waals surface area contributed by atoms with Crippen molar-refractivity contribution in [1.82, 2.24) is 15.2 Å². The highest BCUT2D eigenvalue weighted by Gasteiger charge is 2.19. The summed E-state index contributed by atoms with van der Waals surface area (Å²) in [5.41, 5.74) is 2.90. The first-order chi connectivity index (χ1) is 8.25. The van der Waals surface area contributed by atoms with Gasteiger partial charge in [0.2, 0.25) is 5.91 Å². The van der Waals surface area contributed by atoms with E-state index in [4.69, 9.17) is 0 Å². The minimum atomic E-state index is 0.249. The van der Waals surface area contributed by atoms with Crippen LogP contribution in [-0.4, -0.2) is 47.2 Å². The largest absolute Gasteiger partial charge is 0.339 e. The van der Waals surface area contributed by atoms with Crippen molar-refractivity contribution in [3.8, 4) is 0 Å². The van der Waals surface area contributed by atoms with Gasteiger partial charge in [0.25, 0.3) is 0 Å². The Morgan fingerprint density at radius 1 is 1.76 bits per heavy atom. The maximum atomic E-state index is 11.9. The summed E-state index contributed by atoms with van der Waals surface area (Å²) in [5, 5.41) is 5.37. The van der Waals surface area contributed by atoms with Gasteiger partial charge in [-0.1, -0.05) is 0 Å². The number of thioether (sulfide) groups is 1. The van der Waals surface area contributed by atoms with Crippen LogP contribution in [0.4, 0.5) is 0 Å². The van der Waals surface area contributed by atoms with Gasteiger partial charge in [-0.15, -0.1) is 23.1 Å². The van der Waals surface area contributed by atoms with Gasteiger partial charge in [0.15, 0.2) is 0 Å². The van der Waals surface area contributed by atoms with Crippen LogP contribution in [0.25, 0.3) is 0 Å². The lowest BCUT2D eigenvalue weighted by molar-refractivity contribution is -0.129. The van der Waals surface area contributed by atoms with Crippen molar-refractivity contribution < 1.29 is 4.79 Å². The van der Waals surface area contributed by atoms with Crippen molar-refractivity contribution in [2.75, 3.05) is 25.4 Å². The molecule has 17 heavy (non-hydrogen) atoms. The summed E-state index contributed by atoms with van der Waals surface area (Å²) in [4.78, 5) is 18.1. The molecule has 2 heterocycles. The summed E-state index contributed by atoms with van der Waals surface area (Å²) in [6.07, 6.45) is 0. The van der Waals surface area contributed by atoms with Crippen LogP contribution in [0.5, 0.6) is 0 Å². The number of aromatic nitrogens is 1. The van der Waals surface area contributed by atoms with Crippen molar-refractivity contribution in [2.24, 2.45) is 0 Å². The summed E-state index contributed by atoms with van der Waals surface area (Å²) in [7, 11) is 0. The van der Waals surface area contributed by atoms with E-state index in [0.29, 0.717) is 11.8 Å². The highest BCUT2D eigenvalue weighted by molar-refractivity contribution is 7.99. The van der Waals surface area contributed by atoms with Crippen LogP contribution in [0, 0.1) is 0 Å². The lowest BCUT2D eigenvalue weighted by Crippen LogP contribution is -2.51. The van der Waals surface area contributed by atoms with E-state index < -0.39 is 0 Å². The van der Waals surface area contributed by atoms with Crippen LogP contribution in [0.2, 0.25) is 0 Å². The predicted molar refractivity (Wildman–Crippen MR) is 72.3 cm³/mol. The molecule has 0 radical (unpaired) electrons. The molecule has 4 nitrogen and oxygen atoms in total. The lowest BCUT2D eigenvalue weighted by Gasteiger charge is -2.31. The van der Waals surface area contributed by atoms with Gasteiger partial charge in [0.1, 0.15) is 0 Å².